The molecule has 0 saturated heterocycles. The minimum atomic E-state index is 0.385. The van der Waals surface area contributed by atoms with E-state index in [9.17, 15) is 0 Å². The second-order valence-corrected chi connectivity index (χ2v) is 5.89. The molecule has 0 amide bonds. The molecule has 100 valence electrons. The van der Waals surface area contributed by atoms with Crippen LogP contribution in [0.5, 0.6) is 0 Å². The van der Waals surface area contributed by atoms with Gasteiger partial charge in [0, 0.05) is 10.9 Å². The van der Waals surface area contributed by atoms with E-state index < -0.39 is 0 Å². The third-order valence-electron chi connectivity index (χ3n) is 3.02. The molecule has 1 aliphatic carbocycles. The van der Waals surface area contributed by atoms with Crippen LogP contribution in [0.2, 0.25) is 5.02 Å². The molecule has 1 fully saturated rings. The van der Waals surface area contributed by atoms with E-state index >= 15 is 0 Å². The number of nitrogens with one attached hydrogen (secondary N) is 1. The lowest BCUT2D eigenvalue weighted by molar-refractivity contribution is 0.784. The number of halogens is 1. The Morgan fingerprint density at radius 2 is 2.37 bits per heavy atom. The first-order chi connectivity index (χ1) is 9.28. The number of thiophene rings is 1. The maximum Gasteiger partial charge on any atom is 0.239 e. The fourth-order valence-corrected chi connectivity index (χ4v) is 2.86. The van der Waals surface area contributed by atoms with Gasteiger partial charge in [-0.15, -0.1) is 11.3 Å². The van der Waals surface area contributed by atoms with Crippen LogP contribution in [0.1, 0.15) is 17.7 Å². The van der Waals surface area contributed by atoms with Gasteiger partial charge in [0.25, 0.3) is 0 Å². The first kappa shape index (κ1) is 12.7. The van der Waals surface area contributed by atoms with Gasteiger partial charge < -0.3 is 4.90 Å². The zero-order chi connectivity index (χ0) is 13.2. The number of hydrogen-bond acceptors (Lipinski definition) is 6. The molecule has 2 aromatic heterocycles. The highest BCUT2D eigenvalue weighted by Gasteiger charge is 2.31. The molecule has 2 heterocycles. The van der Waals surface area contributed by atoms with Crippen LogP contribution in [0.4, 0.5) is 11.8 Å². The molecule has 7 heteroatoms. The van der Waals surface area contributed by atoms with Crippen LogP contribution in [0.25, 0.3) is 0 Å². The Bertz CT molecular complexity index is 555. The molecule has 0 aromatic carbocycles. The van der Waals surface area contributed by atoms with Crippen molar-refractivity contribution in [1.29, 1.82) is 0 Å². The molecule has 0 spiro atoms. The Labute approximate surface area is 120 Å². The van der Waals surface area contributed by atoms with Crippen molar-refractivity contribution < 1.29 is 0 Å². The normalized spacial score (nSPS) is 14.4. The van der Waals surface area contributed by atoms with Gasteiger partial charge in [0.2, 0.25) is 5.95 Å². The SMILES string of the molecule is NNc1ncc(Cl)c(N(Cc2cccs2)C2CC2)n1. The van der Waals surface area contributed by atoms with Crippen LogP contribution in [0.15, 0.2) is 23.7 Å². The molecule has 3 rings (SSSR count). The van der Waals surface area contributed by atoms with E-state index in [1.54, 1.807) is 17.5 Å². The highest BCUT2D eigenvalue weighted by Crippen LogP contribution is 2.36. The van der Waals surface area contributed by atoms with Crippen LogP contribution in [0, 0.1) is 0 Å². The van der Waals surface area contributed by atoms with E-state index in [0.29, 0.717) is 17.0 Å². The topological polar surface area (TPSA) is 67.1 Å². The molecular formula is C12H14ClN5S. The summed E-state index contributed by atoms with van der Waals surface area (Å²) in [6.45, 7) is 0.822. The lowest BCUT2D eigenvalue weighted by atomic mass is 10.3. The zero-order valence-corrected chi connectivity index (χ0v) is 11.8. The van der Waals surface area contributed by atoms with Crippen LogP contribution in [-0.2, 0) is 6.54 Å². The van der Waals surface area contributed by atoms with Crippen molar-refractivity contribution in [3.05, 3.63) is 33.6 Å². The van der Waals surface area contributed by atoms with Crippen molar-refractivity contribution >= 4 is 34.7 Å². The van der Waals surface area contributed by atoms with Crippen LogP contribution in [0.3, 0.4) is 0 Å². The summed E-state index contributed by atoms with van der Waals surface area (Å²) in [5, 5.41) is 2.64. The van der Waals surface area contributed by atoms with E-state index in [4.69, 9.17) is 17.4 Å². The van der Waals surface area contributed by atoms with E-state index in [1.165, 1.54) is 17.7 Å². The smallest absolute Gasteiger partial charge is 0.239 e. The summed E-state index contributed by atoms with van der Waals surface area (Å²) in [4.78, 5) is 11.9. The molecule has 0 aliphatic heterocycles. The van der Waals surface area contributed by atoms with Gasteiger partial charge in [-0.05, 0) is 24.3 Å². The van der Waals surface area contributed by atoms with Crippen molar-refractivity contribution in [3.63, 3.8) is 0 Å². The summed E-state index contributed by atoms with van der Waals surface area (Å²) in [6.07, 6.45) is 3.94. The van der Waals surface area contributed by atoms with Crippen molar-refractivity contribution in [1.82, 2.24) is 9.97 Å². The fraction of sp³-hybridized carbons (Fsp3) is 0.333. The Morgan fingerprint density at radius 1 is 1.53 bits per heavy atom. The molecule has 0 atom stereocenters. The average Bonchev–Trinajstić information content (AvgIpc) is 3.14. The molecule has 1 aliphatic rings. The van der Waals surface area contributed by atoms with Gasteiger partial charge in [-0.1, -0.05) is 17.7 Å². The zero-order valence-electron chi connectivity index (χ0n) is 10.2. The summed E-state index contributed by atoms with van der Waals surface area (Å²) in [5.41, 5.74) is 2.46. The minimum Gasteiger partial charge on any atom is -0.347 e. The van der Waals surface area contributed by atoms with Crippen LogP contribution >= 0.6 is 22.9 Å². The van der Waals surface area contributed by atoms with Crippen LogP contribution < -0.4 is 16.2 Å². The molecule has 5 nitrogen and oxygen atoms in total. The lowest BCUT2D eigenvalue weighted by Gasteiger charge is -2.24. The minimum absolute atomic E-state index is 0.385. The maximum atomic E-state index is 6.23. The van der Waals surface area contributed by atoms with Gasteiger partial charge in [0.05, 0.1) is 12.7 Å². The maximum absolute atomic E-state index is 6.23. The third kappa shape index (κ3) is 2.80. The summed E-state index contributed by atoms with van der Waals surface area (Å²) >= 11 is 7.97. The summed E-state index contributed by atoms with van der Waals surface area (Å²) in [6, 6.07) is 4.69. The Kier molecular flexibility index (Phi) is 3.54. The predicted octanol–water partition coefficient (Wildman–Crippen LogP) is 2.65. The van der Waals surface area contributed by atoms with E-state index in [2.05, 4.69) is 37.8 Å². The number of hydrazine groups is 1. The molecule has 1 saturated carbocycles. The highest BCUT2D eigenvalue weighted by molar-refractivity contribution is 7.09. The summed E-state index contributed by atoms with van der Waals surface area (Å²) in [5.74, 6) is 6.50. The standard InChI is InChI=1S/C12H14ClN5S/c13-10-6-15-12(17-14)16-11(10)18(8-3-4-8)7-9-2-1-5-19-9/h1-2,5-6,8H,3-4,7,14H2,(H,15,16,17). The fourth-order valence-electron chi connectivity index (χ4n) is 1.96. The van der Waals surface area contributed by atoms with Crippen LogP contribution in [-0.4, -0.2) is 16.0 Å². The lowest BCUT2D eigenvalue weighted by Crippen LogP contribution is -2.26. The average molecular weight is 296 g/mol. The molecule has 0 radical (unpaired) electrons. The van der Waals surface area contributed by atoms with Gasteiger partial charge in [0.15, 0.2) is 5.82 Å². The number of anilines is 2. The quantitative estimate of drug-likeness (QED) is 0.656. The monoisotopic (exact) mass is 295 g/mol. The summed E-state index contributed by atoms with van der Waals surface area (Å²) < 4.78 is 0. The third-order valence-corrected chi connectivity index (χ3v) is 4.15. The first-order valence-corrected chi connectivity index (χ1v) is 7.32. The Balaban J connectivity index is 1.91. The second kappa shape index (κ2) is 5.32. The van der Waals surface area contributed by atoms with Gasteiger partial charge in [0.1, 0.15) is 5.02 Å². The largest absolute Gasteiger partial charge is 0.347 e. The van der Waals surface area contributed by atoms with Crippen molar-refractivity contribution in [3.8, 4) is 0 Å². The molecule has 2 aromatic rings. The van der Waals surface area contributed by atoms with Gasteiger partial charge >= 0.3 is 0 Å². The van der Waals surface area contributed by atoms with Gasteiger partial charge in [-0.3, -0.25) is 5.43 Å². The predicted molar refractivity (Wildman–Crippen MR) is 78.4 cm³/mol. The number of nitrogen functional groups attached to an aromatic ring is 1. The molecule has 19 heavy (non-hydrogen) atoms. The number of nitrogens with zero attached hydrogens (tertiary/aromatic N) is 3. The Morgan fingerprint density at radius 3 is 3.00 bits per heavy atom. The number of hydrogen-bond donors (Lipinski definition) is 2. The number of rotatable bonds is 5. The van der Waals surface area contributed by atoms with E-state index in [1.807, 2.05) is 0 Å². The second-order valence-electron chi connectivity index (χ2n) is 4.45. The van der Waals surface area contributed by atoms with Crippen molar-refractivity contribution in [2.75, 3.05) is 10.3 Å². The molecular weight excluding hydrogens is 282 g/mol. The van der Waals surface area contributed by atoms with Crippen molar-refractivity contribution in [2.24, 2.45) is 5.84 Å². The highest BCUT2D eigenvalue weighted by atomic mass is 35.5. The number of nitrogens with two attached hydrogens (primary N) is 1. The van der Waals surface area contributed by atoms with Gasteiger partial charge in [-0.25, -0.2) is 10.8 Å². The first-order valence-electron chi connectivity index (χ1n) is 6.06. The van der Waals surface area contributed by atoms with Crippen molar-refractivity contribution in [2.45, 2.75) is 25.4 Å². The van der Waals surface area contributed by atoms with E-state index in [0.717, 1.165) is 12.4 Å². The molecule has 0 bridgehead atoms. The van der Waals surface area contributed by atoms with E-state index in [-0.39, 0.29) is 0 Å². The van der Waals surface area contributed by atoms with Gasteiger partial charge in [-0.2, -0.15) is 4.98 Å². The molecule has 3 N–H and O–H groups in total. The summed E-state index contributed by atoms with van der Waals surface area (Å²) in [7, 11) is 0. The number of aromatic nitrogens is 2. The molecule has 0 unspecified atom stereocenters. The Hall–Kier alpha value is -1.37.